The van der Waals surface area contributed by atoms with Crippen LogP contribution in [0.15, 0.2) is 18.2 Å². The Labute approximate surface area is 113 Å². The molecular formula is C15H21BrO. The lowest BCUT2D eigenvalue weighted by Gasteiger charge is -2.26. The zero-order valence-corrected chi connectivity index (χ0v) is 12.3. The van der Waals surface area contributed by atoms with Crippen LogP contribution in [0.5, 0.6) is 5.75 Å². The lowest BCUT2D eigenvalue weighted by molar-refractivity contribution is 0.357. The number of aryl methyl sites for hydroxylation is 1. The highest BCUT2D eigenvalue weighted by molar-refractivity contribution is 9.09. The molecule has 0 aliphatic heterocycles. The first kappa shape index (κ1) is 12.9. The summed E-state index contributed by atoms with van der Waals surface area (Å²) in [7, 11) is 1.77. The van der Waals surface area contributed by atoms with E-state index in [-0.39, 0.29) is 0 Å². The summed E-state index contributed by atoms with van der Waals surface area (Å²) in [5.74, 6) is 1.86. The van der Waals surface area contributed by atoms with Crippen molar-refractivity contribution in [3.8, 4) is 5.75 Å². The lowest BCUT2D eigenvalue weighted by Crippen LogP contribution is -2.17. The number of rotatable bonds is 3. The van der Waals surface area contributed by atoms with Gasteiger partial charge in [-0.2, -0.15) is 0 Å². The summed E-state index contributed by atoms with van der Waals surface area (Å²) in [5, 5.41) is 0. The number of benzene rings is 1. The molecule has 1 aromatic carbocycles. The monoisotopic (exact) mass is 296 g/mol. The number of alkyl halides is 1. The van der Waals surface area contributed by atoms with Gasteiger partial charge in [-0.15, -0.1) is 0 Å². The van der Waals surface area contributed by atoms with Gasteiger partial charge in [0.25, 0.3) is 0 Å². The molecule has 2 rings (SSSR count). The molecule has 0 N–H and O–H groups in total. The van der Waals surface area contributed by atoms with Gasteiger partial charge in [0.15, 0.2) is 0 Å². The van der Waals surface area contributed by atoms with E-state index in [4.69, 9.17) is 4.74 Å². The first-order chi connectivity index (χ1) is 8.19. The van der Waals surface area contributed by atoms with Crippen molar-refractivity contribution < 1.29 is 4.74 Å². The van der Waals surface area contributed by atoms with E-state index >= 15 is 0 Å². The Bertz CT molecular complexity index is 375. The highest BCUT2D eigenvalue weighted by atomic mass is 79.9. The van der Waals surface area contributed by atoms with Gasteiger partial charge in [-0.05, 0) is 43.7 Å². The second kappa shape index (κ2) is 5.90. The van der Waals surface area contributed by atoms with Crippen molar-refractivity contribution in [3.05, 3.63) is 29.3 Å². The molecule has 0 amide bonds. The van der Waals surface area contributed by atoms with Gasteiger partial charge in [-0.25, -0.2) is 0 Å². The van der Waals surface area contributed by atoms with E-state index in [0.717, 1.165) is 22.9 Å². The number of ether oxygens (including phenoxy) is 1. The molecule has 2 heteroatoms. The zero-order chi connectivity index (χ0) is 12.3. The minimum absolute atomic E-state index is 0.719. The van der Waals surface area contributed by atoms with Crippen LogP contribution in [-0.2, 0) is 6.42 Å². The molecule has 0 bridgehead atoms. The van der Waals surface area contributed by atoms with Crippen LogP contribution in [0.25, 0.3) is 0 Å². The highest BCUT2D eigenvalue weighted by Crippen LogP contribution is 2.33. The van der Waals surface area contributed by atoms with Crippen molar-refractivity contribution in [1.82, 2.24) is 0 Å². The molecule has 1 aromatic rings. The number of hydrogen-bond donors (Lipinski definition) is 0. The molecule has 1 aliphatic rings. The third-order valence-corrected chi connectivity index (χ3v) is 4.49. The van der Waals surface area contributed by atoms with Crippen molar-refractivity contribution in [3.63, 3.8) is 0 Å². The van der Waals surface area contributed by atoms with E-state index in [1.54, 1.807) is 7.11 Å². The first-order valence-electron chi connectivity index (χ1n) is 6.46. The zero-order valence-electron chi connectivity index (χ0n) is 10.7. The Hall–Kier alpha value is -0.500. The van der Waals surface area contributed by atoms with Crippen LogP contribution < -0.4 is 4.74 Å². The van der Waals surface area contributed by atoms with Gasteiger partial charge >= 0.3 is 0 Å². The van der Waals surface area contributed by atoms with Gasteiger partial charge in [0.1, 0.15) is 5.75 Å². The van der Waals surface area contributed by atoms with E-state index in [2.05, 4.69) is 41.1 Å². The number of methoxy groups -OCH3 is 1. The van der Waals surface area contributed by atoms with Crippen molar-refractivity contribution in [2.75, 3.05) is 7.11 Å². The molecule has 1 fully saturated rings. The van der Waals surface area contributed by atoms with Crippen LogP contribution in [0, 0.1) is 12.8 Å². The summed E-state index contributed by atoms with van der Waals surface area (Å²) in [6.07, 6.45) is 6.51. The standard InChI is InChI=1S/C15H21BrO/c1-11-6-7-15(17-2)13(8-11)9-12-4-3-5-14(16)10-12/h6-8,12,14H,3-5,9-10H2,1-2H3. The van der Waals surface area contributed by atoms with E-state index in [1.807, 2.05) is 0 Å². The predicted molar refractivity (Wildman–Crippen MR) is 76.1 cm³/mol. The fourth-order valence-electron chi connectivity index (χ4n) is 2.79. The molecule has 2 atom stereocenters. The summed E-state index contributed by atoms with van der Waals surface area (Å²) >= 11 is 3.76. The van der Waals surface area contributed by atoms with Gasteiger partial charge in [-0.3, -0.25) is 0 Å². The fraction of sp³-hybridized carbons (Fsp3) is 0.600. The fourth-order valence-corrected chi connectivity index (χ4v) is 3.64. The van der Waals surface area contributed by atoms with Crippen molar-refractivity contribution in [2.24, 2.45) is 5.92 Å². The molecule has 1 aliphatic carbocycles. The van der Waals surface area contributed by atoms with Gasteiger partial charge < -0.3 is 4.74 Å². The summed E-state index contributed by atoms with van der Waals surface area (Å²) in [4.78, 5) is 0.719. The van der Waals surface area contributed by atoms with Crippen molar-refractivity contribution in [1.29, 1.82) is 0 Å². The van der Waals surface area contributed by atoms with Crippen LogP contribution in [0.2, 0.25) is 0 Å². The Balaban J connectivity index is 2.08. The summed E-state index contributed by atoms with van der Waals surface area (Å²) < 4.78 is 5.46. The Morgan fingerprint density at radius 1 is 1.35 bits per heavy atom. The topological polar surface area (TPSA) is 9.23 Å². The minimum Gasteiger partial charge on any atom is -0.496 e. The molecule has 17 heavy (non-hydrogen) atoms. The predicted octanol–water partition coefficient (Wildman–Crippen LogP) is 4.50. The molecule has 0 aromatic heterocycles. The Kier molecular flexibility index (Phi) is 4.49. The van der Waals surface area contributed by atoms with Gasteiger partial charge in [-0.1, -0.05) is 46.5 Å². The normalized spacial score (nSPS) is 24.6. The summed E-state index contributed by atoms with van der Waals surface area (Å²) in [5.41, 5.74) is 2.70. The molecule has 2 unspecified atom stereocenters. The first-order valence-corrected chi connectivity index (χ1v) is 7.38. The van der Waals surface area contributed by atoms with Crippen LogP contribution in [-0.4, -0.2) is 11.9 Å². The SMILES string of the molecule is COc1ccc(C)cc1CC1CCCC(Br)C1. The molecule has 0 heterocycles. The van der Waals surface area contributed by atoms with E-state index in [0.29, 0.717) is 0 Å². The Morgan fingerprint density at radius 3 is 2.88 bits per heavy atom. The molecule has 0 radical (unpaired) electrons. The smallest absolute Gasteiger partial charge is 0.122 e. The maximum absolute atomic E-state index is 5.46. The number of halogens is 1. The van der Waals surface area contributed by atoms with E-state index in [1.165, 1.54) is 36.8 Å². The van der Waals surface area contributed by atoms with Crippen LogP contribution in [0.4, 0.5) is 0 Å². The van der Waals surface area contributed by atoms with E-state index < -0.39 is 0 Å². The second-order valence-corrected chi connectivity index (χ2v) is 6.44. The molecule has 1 nitrogen and oxygen atoms in total. The lowest BCUT2D eigenvalue weighted by atomic mass is 9.84. The van der Waals surface area contributed by atoms with E-state index in [9.17, 15) is 0 Å². The molecule has 0 spiro atoms. The quantitative estimate of drug-likeness (QED) is 0.746. The van der Waals surface area contributed by atoms with Crippen molar-refractivity contribution in [2.45, 2.75) is 43.9 Å². The van der Waals surface area contributed by atoms with Gasteiger partial charge in [0.2, 0.25) is 0 Å². The number of hydrogen-bond acceptors (Lipinski definition) is 1. The second-order valence-electron chi connectivity index (χ2n) is 5.15. The molecule has 0 saturated heterocycles. The maximum Gasteiger partial charge on any atom is 0.122 e. The van der Waals surface area contributed by atoms with Gasteiger partial charge in [0, 0.05) is 4.83 Å². The molecular weight excluding hydrogens is 276 g/mol. The summed E-state index contributed by atoms with van der Waals surface area (Å²) in [6.45, 7) is 2.15. The molecule has 1 saturated carbocycles. The average molecular weight is 297 g/mol. The Morgan fingerprint density at radius 2 is 2.18 bits per heavy atom. The largest absolute Gasteiger partial charge is 0.496 e. The minimum atomic E-state index is 0.719. The summed E-state index contributed by atoms with van der Waals surface area (Å²) in [6, 6.07) is 6.49. The molecule has 94 valence electrons. The van der Waals surface area contributed by atoms with Crippen LogP contribution in [0.1, 0.15) is 36.8 Å². The maximum atomic E-state index is 5.46. The highest BCUT2D eigenvalue weighted by Gasteiger charge is 2.21. The third-order valence-electron chi connectivity index (χ3n) is 3.66. The van der Waals surface area contributed by atoms with Crippen LogP contribution in [0.3, 0.4) is 0 Å². The van der Waals surface area contributed by atoms with Crippen molar-refractivity contribution >= 4 is 15.9 Å². The van der Waals surface area contributed by atoms with Crippen LogP contribution >= 0.6 is 15.9 Å². The average Bonchev–Trinajstić information content (AvgIpc) is 2.29. The van der Waals surface area contributed by atoms with Gasteiger partial charge in [0.05, 0.1) is 7.11 Å². The third kappa shape index (κ3) is 3.48.